The van der Waals surface area contributed by atoms with Crippen molar-refractivity contribution in [2.75, 3.05) is 19.6 Å². The number of nitrogens with zero attached hydrogens (tertiary/aromatic N) is 1. The molecule has 3 N–H and O–H groups in total. The van der Waals surface area contributed by atoms with Crippen LogP contribution in [0.3, 0.4) is 0 Å². The molecular weight excluding hydrogens is 280 g/mol. The van der Waals surface area contributed by atoms with Crippen molar-refractivity contribution in [3.63, 3.8) is 0 Å². The minimum atomic E-state index is 0.157. The van der Waals surface area contributed by atoms with E-state index in [1.807, 2.05) is 11.3 Å². The third kappa shape index (κ3) is 8.07. The normalized spacial score (nSPS) is 12.5. The maximum Gasteiger partial charge on any atom is 0.191 e. The van der Waals surface area contributed by atoms with Gasteiger partial charge in [0, 0.05) is 34.9 Å². The second kappa shape index (κ2) is 9.05. The molecule has 0 bridgehead atoms. The van der Waals surface area contributed by atoms with Crippen molar-refractivity contribution in [1.82, 2.24) is 16.0 Å². The molecular formula is C16H30N4S. The summed E-state index contributed by atoms with van der Waals surface area (Å²) in [6.07, 6.45) is 1.10. The van der Waals surface area contributed by atoms with Crippen molar-refractivity contribution < 1.29 is 0 Å². The second-order valence-corrected chi connectivity index (χ2v) is 7.27. The molecule has 0 aromatic carbocycles. The van der Waals surface area contributed by atoms with Gasteiger partial charge in [-0.15, -0.1) is 11.3 Å². The summed E-state index contributed by atoms with van der Waals surface area (Å²) >= 11 is 1.85. The molecule has 1 rings (SSSR count). The summed E-state index contributed by atoms with van der Waals surface area (Å²) < 4.78 is 0. The molecule has 0 atom stereocenters. The Morgan fingerprint density at radius 2 is 1.81 bits per heavy atom. The lowest BCUT2D eigenvalue weighted by molar-refractivity contribution is 0.428. The van der Waals surface area contributed by atoms with Crippen LogP contribution < -0.4 is 16.0 Å². The fourth-order valence-corrected chi connectivity index (χ4v) is 2.70. The van der Waals surface area contributed by atoms with Gasteiger partial charge in [-0.2, -0.15) is 0 Å². The van der Waals surface area contributed by atoms with E-state index in [1.165, 1.54) is 9.75 Å². The molecule has 5 heteroatoms. The van der Waals surface area contributed by atoms with Crippen LogP contribution in [0.2, 0.25) is 0 Å². The van der Waals surface area contributed by atoms with E-state index < -0.39 is 0 Å². The zero-order valence-corrected chi connectivity index (χ0v) is 14.9. The number of aliphatic imine (C=N–C) groups is 1. The molecule has 0 radical (unpaired) electrons. The Balaban J connectivity index is 2.42. The van der Waals surface area contributed by atoms with Crippen molar-refractivity contribution in [2.24, 2.45) is 4.99 Å². The minimum Gasteiger partial charge on any atom is -0.357 e. The zero-order valence-electron chi connectivity index (χ0n) is 14.0. The predicted octanol–water partition coefficient (Wildman–Crippen LogP) is 2.75. The smallest absolute Gasteiger partial charge is 0.191 e. The Labute approximate surface area is 133 Å². The fraction of sp³-hybridized carbons (Fsp3) is 0.688. The number of guanidine groups is 1. The number of hydrogen-bond donors (Lipinski definition) is 3. The molecule has 1 aromatic rings. The lowest BCUT2D eigenvalue weighted by Gasteiger charge is -2.21. The number of nitrogens with one attached hydrogen (secondary N) is 3. The molecule has 0 aliphatic carbocycles. The molecule has 0 unspecified atom stereocenters. The highest BCUT2D eigenvalue weighted by atomic mass is 32.1. The first kappa shape index (κ1) is 18.0. The average Bonchev–Trinajstić information content (AvgIpc) is 2.87. The summed E-state index contributed by atoms with van der Waals surface area (Å²) in [7, 11) is 0. The van der Waals surface area contributed by atoms with Gasteiger partial charge in [0.25, 0.3) is 0 Å². The van der Waals surface area contributed by atoms with E-state index in [-0.39, 0.29) is 5.54 Å². The van der Waals surface area contributed by atoms with Gasteiger partial charge in [-0.25, -0.2) is 4.99 Å². The summed E-state index contributed by atoms with van der Waals surface area (Å²) in [6.45, 7) is 14.2. The number of rotatable bonds is 7. The van der Waals surface area contributed by atoms with Gasteiger partial charge in [0.1, 0.15) is 0 Å². The van der Waals surface area contributed by atoms with Crippen molar-refractivity contribution in [1.29, 1.82) is 0 Å². The van der Waals surface area contributed by atoms with Crippen LogP contribution in [0.25, 0.3) is 0 Å². The van der Waals surface area contributed by atoms with Crippen molar-refractivity contribution in [3.05, 3.63) is 21.9 Å². The first-order valence-corrected chi connectivity index (χ1v) is 8.61. The third-order valence-corrected chi connectivity index (χ3v) is 4.09. The topological polar surface area (TPSA) is 48.5 Å². The third-order valence-electron chi connectivity index (χ3n) is 2.88. The molecule has 0 aliphatic heterocycles. The first-order chi connectivity index (χ1) is 9.94. The highest BCUT2D eigenvalue weighted by Crippen LogP contribution is 2.17. The van der Waals surface area contributed by atoms with Gasteiger partial charge in [-0.1, -0.05) is 6.92 Å². The molecule has 0 saturated heterocycles. The maximum atomic E-state index is 4.64. The van der Waals surface area contributed by atoms with E-state index >= 15 is 0 Å². The van der Waals surface area contributed by atoms with E-state index in [4.69, 9.17) is 0 Å². The molecule has 21 heavy (non-hydrogen) atoms. The number of hydrogen-bond acceptors (Lipinski definition) is 3. The Morgan fingerprint density at radius 3 is 2.38 bits per heavy atom. The monoisotopic (exact) mass is 310 g/mol. The van der Waals surface area contributed by atoms with Gasteiger partial charge in [0.05, 0.1) is 6.54 Å². The van der Waals surface area contributed by atoms with Gasteiger partial charge in [-0.3, -0.25) is 0 Å². The lowest BCUT2D eigenvalue weighted by Crippen LogP contribution is -2.44. The van der Waals surface area contributed by atoms with Crippen LogP contribution in [0, 0.1) is 0 Å². The van der Waals surface area contributed by atoms with Gasteiger partial charge in [-0.05, 0) is 46.2 Å². The van der Waals surface area contributed by atoms with E-state index in [0.717, 1.165) is 38.6 Å². The molecule has 0 fully saturated rings. The van der Waals surface area contributed by atoms with Crippen LogP contribution in [0.1, 0.15) is 44.4 Å². The Bertz CT molecular complexity index is 432. The highest BCUT2D eigenvalue weighted by Gasteiger charge is 2.07. The molecule has 0 saturated carbocycles. The summed E-state index contributed by atoms with van der Waals surface area (Å²) in [5, 5.41) is 10.1. The number of thiophene rings is 1. The molecule has 1 heterocycles. The molecule has 4 nitrogen and oxygen atoms in total. The first-order valence-electron chi connectivity index (χ1n) is 7.79. The minimum absolute atomic E-state index is 0.157. The van der Waals surface area contributed by atoms with Gasteiger partial charge in [0.15, 0.2) is 5.96 Å². The van der Waals surface area contributed by atoms with Crippen molar-refractivity contribution in [2.45, 2.75) is 53.1 Å². The summed E-state index contributed by atoms with van der Waals surface area (Å²) in [5.41, 5.74) is 0.157. The maximum absolute atomic E-state index is 4.64. The van der Waals surface area contributed by atoms with Crippen LogP contribution in [0.15, 0.2) is 17.1 Å². The van der Waals surface area contributed by atoms with Crippen LogP contribution in [0.5, 0.6) is 0 Å². The Kier molecular flexibility index (Phi) is 7.75. The summed E-state index contributed by atoms with van der Waals surface area (Å²) in [4.78, 5) is 7.38. The average molecular weight is 311 g/mol. The predicted molar refractivity (Wildman–Crippen MR) is 94.3 cm³/mol. The van der Waals surface area contributed by atoms with E-state index in [9.17, 15) is 0 Å². The molecule has 0 aliphatic rings. The fourth-order valence-electron chi connectivity index (χ4n) is 1.81. The lowest BCUT2D eigenvalue weighted by atomic mass is 10.1. The van der Waals surface area contributed by atoms with Gasteiger partial charge >= 0.3 is 0 Å². The molecule has 120 valence electrons. The van der Waals surface area contributed by atoms with E-state index in [0.29, 0.717) is 0 Å². The number of aryl methyl sites for hydroxylation is 1. The molecule has 0 spiro atoms. The SMILES string of the molecule is CCNC(=NCc1ccc(CC)s1)NCCNC(C)(C)C. The Morgan fingerprint density at radius 1 is 1.10 bits per heavy atom. The van der Waals surface area contributed by atoms with Crippen LogP contribution in [0.4, 0.5) is 0 Å². The van der Waals surface area contributed by atoms with Gasteiger partial charge < -0.3 is 16.0 Å². The van der Waals surface area contributed by atoms with Crippen LogP contribution in [-0.2, 0) is 13.0 Å². The largest absolute Gasteiger partial charge is 0.357 e. The van der Waals surface area contributed by atoms with E-state index in [1.54, 1.807) is 0 Å². The van der Waals surface area contributed by atoms with Crippen molar-refractivity contribution >= 4 is 17.3 Å². The van der Waals surface area contributed by atoms with Crippen molar-refractivity contribution in [3.8, 4) is 0 Å². The quantitative estimate of drug-likeness (QED) is 0.412. The molecule has 1 aromatic heterocycles. The standard InChI is InChI=1S/C16H30N4S/c1-6-13-8-9-14(21-13)12-19-15(17-7-2)18-10-11-20-16(3,4)5/h8-9,20H,6-7,10-12H2,1-5H3,(H2,17,18,19). The van der Waals surface area contributed by atoms with Gasteiger partial charge in [0.2, 0.25) is 0 Å². The summed E-state index contributed by atoms with van der Waals surface area (Å²) in [5.74, 6) is 0.889. The van der Waals surface area contributed by atoms with E-state index in [2.05, 4.69) is 67.7 Å². The highest BCUT2D eigenvalue weighted by molar-refractivity contribution is 7.11. The summed E-state index contributed by atoms with van der Waals surface area (Å²) in [6, 6.07) is 4.38. The Hall–Kier alpha value is -1.07. The van der Waals surface area contributed by atoms with Crippen LogP contribution >= 0.6 is 11.3 Å². The molecule has 0 amide bonds. The second-order valence-electron chi connectivity index (χ2n) is 6.02. The van der Waals surface area contributed by atoms with Crippen LogP contribution in [-0.4, -0.2) is 31.1 Å². The zero-order chi connectivity index (χ0) is 15.7.